The Morgan fingerprint density at radius 1 is 1.18 bits per heavy atom. The van der Waals surface area contributed by atoms with Crippen molar-refractivity contribution in [2.45, 2.75) is 13.3 Å². The number of carboxylic acids is 1. The Morgan fingerprint density at radius 3 is 2.57 bits per heavy atom. The maximum absolute atomic E-state index is 12.0. The van der Waals surface area contributed by atoms with E-state index >= 15 is 0 Å². The highest BCUT2D eigenvalue weighted by atomic mass is 32.2. The Labute approximate surface area is 164 Å². The second-order valence-corrected chi connectivity index (χ2v) is 8.73. The molecule has 0 fully saturated rings. The summed E-state index contributed by atoms with van der Waals surface area (Å²) in [6.45, 7) is 2.44. The van der Waals surface area contributed by atoms with Crippen molar-refractivity contribution >= 4 is 27.9 Å². The molecule has 1 N–H and O–H groups in total. The molecular weight excluding hydrogens is 378 g/mol. The Balaban J connectivity index is 1.81. The molecule has 0 radical (unpaired) electrons. The van der Waals surface area contributed by atoms with Crippen LogP contribution in [0, 0.1) is 6.92 Å². The number of carbonyl (C=O) groups excluding carboxylic acids is 1. The van der Waals surface area contributed by atoms with Crippen molar-refractivity contribution in [3.8, 4) is 11.1 Å². The van der Waals surface area contributed by atoms with Gasteiger partial charge >= 0.3 is 5.97 Å². The van der Waals surface area contributed by atoms with Gasteiger partial charge in [0.2, 0.25) is 10.0 Å². The number of aldehydes is 1. The summed E-state index contributed by atoms with van der Waals surface area (Å²) in [5.74, 6) is -2.23. The minimum atomic E-state index is -3.79. The first kappa shape index (κ1) is 20.0. The lowest BCUT2D eigenvalue weighted by atomic mass is 9.93. The third-order valence-corrected chi connectivity index (χ3v) is 6.53. The van der Waals surface area contributed by atoms with E-state index in [1.165, 1.54) is 4.31 Å². The largest absolute Gasteiger partial charge is 0.480 e. The number of sulfonamides is 1. The summed E-state index contributed by atoms with van der Waals surface area (Å²) in [7, 11) is -3.79. The summed E-state index contributed by atoms with van der Waals surface area (Å²) in [6, 6.07) is 13.5. The van der Waals surface area contributed by atoms with Gasteiger partial charge in [-0.2, -0.15) is 4.31 Å². The number of benzene rings is 2. The molecule has 2 aromatic carbocycles. The zero-order valence-corrected chi connectivity index (χ0v) is 16.3. The normalized spacial score (nSPS) is 15.1. The topological polar surface area (TPSA) is 91.8 Å². The highest BCUT2D eigenvalue weighted by molar-refractivity contribution is 7.89. The fraction of sp³-hybridized carbons (Fsp3) is 0.238. The van der Waals surface area contributed by atoms with Crippen molar-refractivity contribution in [3.63, 3.8) is 0 Å². The number of aryl methyl sites for hydroxylation is 1. The quantitative estimate of drug-likeness (QED) is 0.754. The lowest BCUT2D eigenvalue weighted by Crippen LogP contribution is -2.38. The Bertz CT molecular complexity index is 1060. The van der Waals surface area contributed by atoms with Crippen LogP contribution < -0.4 is 0 Å². The van der Waals surface area contributed by atoms with Crippen LogP contribution in [-0.2, 0) is 14.8 Å². The molecule has 0 aromatic heterocycles. The second-order valence-electron chi connectivity index (χ2n) is 6.76. The standard InChI is InChI=1S/C21H21NO5S/c1-15-11-18(5-6-20(15)19-4-2-3-16(12-19)13-23)17-7-9-22(10-8-17)28(26,27)14-21(24)25/h2-7,11-13H,8-10,14H2,1H3,(H,24,25). The van der Waals surface area contributed by atoms with Gasteiger partial charge in [0.25, 0.3) is 0 Å². The number of hydrogen-bond acceptors (Lipinski definition) is 4. The third-order valence-electron chi connectivity index (χ3n) is 4.80. The van der Waals surface area contributed by atoms with Crippen molar-refractivity contribution in [2.75, 3.05) is 18.8 Å². The van der Waals surface area contributed by atoms with Crippen LogP contribution in [0.15, 0.2) is 48.5 Å². The molecule has 0 atom stereocenters. The molecule has 146 valence electrons. The highest BCUT2D eigenvalue weighted by Gasteiger charge is 2.26. The van der Waals surface area contributed by atoms with E-state index in [1.807, 2.05) is 43.3 Å². The van der Waals surface area contributed by atoms with Gasteiger partial charge in [0.05, 0.1) is 0 Å². The van der Waals surface area contributed by atoms with Crippen molar-refractivity contribution in [1.82, 2.24) is 4.31 Å². The molecule has 0 saturated carbocycles. The molecule has 0 amide bonds. The summed E-state index contributed by atoms with van der Waals surface area (Å²) in [5.41, 5.74) is 5.74. The van der Waals surface area contributed by atoms with E-state index in [1.54, 1.807) is 6.07 Å². The molecule has 7 heteroatoms. The van der Waals surface area contributed by atoms with E-state index in [9.17, 15) is 18.0 Å². The molecule has 1 aliphatic heterocycles. The smallest absolute Gasteiger partial charge is 0.320 e. The average molecular weight is 399 g/mol. The first-order valence-electron chi connectivity index (χ1n) is 8.85. The monoisotopic (exact) mass is 399 g/mol. The van der Waals surface area contributed by atoms with E-state index in [-0.39, 0.29) is 13.1 Å². The maximum Gasteiger partial charge on any atom is 0.320 e. The van der Waals surface area contributed by atoms with Crippen LogP contribution in [0.2, 0.25) is 0 Å². The summed E-state index contributed by atoms with van der Waals surface area (Å²) in [5, 5.41) is 8.75. The predicted molar refractivity (Wildman–Crippen MR) is 108 cm³/mol. The molecule has 0 spiro atoms. The van der Waals surface area contributed by atoms with E-state index < -0.39 is 21.7 Å². The van der Waals surface area contributed by atoms with Gasteiger partial charge < -0.3 is 5.11 Å². The fourth-order valence-corrected chi connectivity index (χ4v) is 4.55. The number of carbonyl (C=O) groups is 2. The minimum Gasteiger partial charge on any atom is -0.480 e. The van der Waals surface area contributed by atoms with Crippen LogP contribution in [0.4, 0.5) is 0 Å². The number of rotatable bonds is 6. The van der Waals surface area contributed by atoms with Crippen LogP contribution in [0.25, 0.3) is 16.7 Å². The molecular formula is C21H21NO5S. The second kappa shape index (κ2) is 8.08. The van der Waals surface area contributed by atoms with Gasteiger partial charge in [-0.3, -0.25) is 9.59 Å². The van der Waals surface area contributed by atoms with Gasteiger partial charge in [-0.15, -0.1) is 0 Å². The number of hydrogen-bond donors (Lipinski definition) is 1. The third kappa shape index (κ3) is 4.37. The fourth-order valence-electron chi connectivity index (χ4n) is 3.38. The van der Waals surface area contributed by atoms with Crippen molar-refractivity contribution in [2.24, 2.45) is 0 Å². The average Bonchev–Trinajstić information content (AvgIpc) is 2.67. The van der Waals surface area contributed by atoms with E-state index in [0.717, 1.165) is 34.1 Å². The maximum atomic E-state index is 12.0. The molecule has 6 nitrogen and oxygen atoms in total. The van der Waals surface area contributed by atoms with Crippen molar-refractivity contribution in [3.05, 3.63) is 65.2 Å². The van der Waals surface area contributed by atoms with Gasteiger partial charge in [-0.05, 0) is 47.2 Å². The van der Waals surface area contributed by atoms with Gasteiger partial charge in [-0.25, -0.2) is 8.42 Å². The van der Waals surface area contributed by atoms with E-state index in [4.69, 9.17) is 5.11 Å². The number of carboxylic acid groups (broad SMARTS) is 1. The van der Waals surface area contributed by atoms with Crippen LogP contribution in [0.3, 0.4) is 0 Å². The van der Waals surface area contributed by atoms with Gasteiger partial charge in [0.15, 0.2) is 5.75 Å². The molecule has 1 heterocycles. The van der Waals surface area contributed by atoms with Gasteiger partial charge in [0.1, 0.15) is 6.29 Å². The summed E-state index contributed by atoms with van der Waals surface area (Å²) >= 11 is 0. The molecule has 2 aromatic rings. The predicted octanol–water partition coefficient (Wildman–Crippen LogP) is 2.98. The highest BCUT2D eigenvalue weighted by Crippen LogP contribution is 2.30. The lowest BCUT2D eigenvalue weighted by Gasteiger charge is -2.25. The van der Waals surface area contributed by atoms with Crippen LogP contribution in [0.5, 0.6) is 0 Å². The van der Waals surface area contributed by atoms with E-state index in [2.05, 4.69) is 6.07 Å². The van der Waals surface area contributed by atoms with Crippen LogP contribution >= 0.6 is 0 Å². The number of nitrogens with zero attached hydrogens (tertiary/aromatic N) is 1. The minimum absolute atomic E-state index is 0.174. The molecule has 1 aliphatic rings. The Hall–Kier alpha value is -2.77. The summed E-state index contributed by atoms with van der Waals surface area (Å²) in [6.07, 6.45) is 3.19. The molecule has 0 saturated heterocycles. The zero-order valence-electron chi connectivity index (χ0n) is 15.5. The molecule has 0 aliphatic carbocycles. The molecule has 3 rings (SSSR count). The van der Waals surface area contributed by atoms with Crippen LogP contribution in [-0.4, -0.2) is 48.9 Å². The van der Waals surface area contributed by atoms with Crippen molar-refractivity contribution < 1.29 is 23.1 Å². The first-order valence-corrected chi connectivity index (χ1v) is 10.5. The number of aliphatic carboxylic acids is 1. The molecule has 28 heavy (non-hydrogen) atoms. The Kier molecular flexibility index (Phi) is 5.76. The SMILES string of the molecule is Cc1cc(C2=CCN(S(=O)(=O)CC(=O)O)CC2)ccc1-c1cccc(C=O)c1. The summed E-state index contributed by atoms with van der Waals surface area (Å²) < 4.78 is 25.3. The molecule has 0 unspecified atom stereocenters. The van der Waals surface area contributed by atoms with Crippen LogP contribution in [0.1, 0.15) is 27.9 Å². The van der Waals surface area contributed by atoms with Gasteiger partial charge in [-0.1, -0.05) is 42.5 Å². The van der Waals surface area contributed by atoms with Gasteiger partial charge in [0, 0.05) is 18.7 Å². The lowest BCUT2D eigenvalue weighted by molar-refractivity contribution is -0.134. The van der Waals surface area contributed by atoms with E-state index in [0.29, 0.717) is 12.0 Å². The summed E-state index contributed by atoms with van der Waals surface area (Å²) in [4.78, 5) is 21.7. The first-order chi connectivity index (χ1) is 13.3. The Morgan fingerprint density at radius 2 is 1.96 bits per heavy atom. The van der Waals surface area contributed by atoms with Crippen molar-refractivity contribution in [1.29, 1.82) is 0 Å². The molecule has 0 bridgehead atoms. The zero-order chi connectivity index (χ0) is 20.3.